The summed E-state index contributed by atoms with van der Waals surface area (Å²) in [4.78, 5) is 17.4. The van der Waals surface area contributed by atoms with E-state index in [9.17, 15) is 4.79 Å². The number of amides is 1. The number of rotatable bonds is 6. The summed E-state index contributed by atoms with van der Waals surface area (Å²) in [5.41, 5.74) is 1.34. The molecule has 1 amide bonds. The van der Waals surface area contributed by atoms with E-state index in [1.807, 2.05) is 23.7 Å². The van der Waals surface area contributed by atoms with Crippen LogP contribution in [0, 0.1) is 0 Å². The van der Waals surface area contributed by atoms with Crippen LogP contribution < -0.4 is 5.32 Å². The highest BCUT2D eigenvalue weighted by Gasteiger charge is 2.26. The summed E-state index contributed by atoms with van der Waals surface area (Å²) in [6, 6.07) is 12.5. The molecule has 6 heteroatoms. The van der Waals surface area contributed by atoms with Crippen LogP contribution in [0.1, 0.15) is 32.4 Å². The van der Waals surface area contributed by atoms with Crippen molar-refractivity contribution in [3.63, 3.8) is 0 Å². The fourth-order valence-corrected chi connectivity index (χ4v) is 3.37. The van der Waals surface area contributed by atoms with Crippen LogP contribution in [0.2, 0.25) is 0 Å². The van der Waals surface area contributed by atoms with Gasteiger partial charge in [-0.2, -0.15) is 5.10 Å². The number of nitrogens with one attached hydrogen (secondary N) is 1. The molecule has 2 heterocycles. The fourth-order valence-electron chi connectivity index (χ4n) is 3.37. The van der Waals surface area contributed by atoms with Crippen molar-refractivity contribution < 1.29 is 4.79 Å². The van der Waals surface area contributed by atoms with Gasteiger partial charge < -0.3 is 5.32 Å². The van der Waals surface area contributed by atoms with Gasteiger partial charge in [0.1, 0.15) is 5.82 Å². The van der Waals surface area contributed by atoms with Gasteiger partial charge in [-0.25, -0.2) is 4.68 Å². The third kappa shape index (κ3) is 4.51. The van der Waals surface area contributed by atoms with Crippen molar-refractivity contribution in [2.45, 2.75) is 39.4 Å². The molecule has 0 unspecified atom stereocenters. The normalized spacial score (nSPS) is 17.4. The molecule has 0 radical (unpaired) electrons. The van der Waals surface area contributed by atoms with Gasteiger partial charge in [0, 0.05) is 44.8 Å². The van der Waals surface area contributed by atoms with Crippen molar-refractivity contribution in [3.8, 4) is 0 Å². The highest BCUT2D eigenvalue weighted by molar-refractivity contribution is 5.93. The number of piperazine rings is 1. The lowest BCUT2D eigenvalue weighted by Crippen LogP contribution is -2.52. The van der Waals surface area contributed by atoms with E-state index in [1.165, 1.54) is 5.56 Å². The molecule has 6 nitrogen and oxygen atoms in total. The van der Waals surface area contributed by atoms with Gasteiger partial charge in [0.25, 0.3) is 0 Å². The van der Waals surface area contributed by atoms with Crippen LogP contribution in [0.5, 0.6) is 0 Å². The van der Waals surface area contributed by atoms with Gasteiger partial charge in [-0.1, -0.05) is 30.3 Å². The summed E-state index contributed by atoms with van der Waals surface area (Å²) >= 11 is 0. The lowest BCUT2D eigenvalue weighted by atomic mass is 10.1. The Morgan fingerprint density at radius 3 is 2.42 bits per heavy atom. The first-order valence-corrected chi connectivity index (χ1v) is 9.39. The van der Waals surface area contributed by atoms with Crippen LogP contribution in [0.3, 0.4) is 0 Å². The molecule has 1 atom stereocenters. The van der Waals surface area contributed by atoms with E-state index < -0.39 is 0 Å². The van der Waals surface area contributed by atoms with E-state index in [0.717, 1.165) is 38.5 Å². The molecule has 3 rings (SSSR count). The Balaban J connectivity index is 1.50. The maximum atomic E-state index is 12.6. The first-order chi connectivity index (χ1) is 12.5. The summed E-state index contributed by atoms with van der Waals surface area (Å²) in [6.45, 7) is 10.8. The predicted molar refractivity (Wildman–Crippen MR) is 104 cm³/mol. The zero-order valence-electron chi connectivity index (χ0n) is 15.9. The van der Waals surface area contributed by atoms with Crippen molar-refractivity contribution >= 4 is 11.7 Å². The van der Waals surface area contributed by atoms with Crippen molar-refractivity contribution in [1.29, 1.82) is 0 Å². The Labute approximate surface area is 155 Å². The van der Waals surface area contributed by atoms with Crippen molar-refractivity contribution in [3.05, 3.63) is 48.2 Å². The molecule has 1 N–H and O–H groups in total. The topological polar surface area (TPSA) is 53.4 Å². The Morgan fingerprint density at radius 1 is 1.08 bits per heavy atom. The van der Waals surface area contributed by atoms with E-state index in [2.05, 4.69) is 58.3 Å². The van der Waals surface area contributed by atoms with Crippen molar-refractivity contribution in [2.75, 3.05) is 31.5 Å². The molecule has 0 aliphatic carbocycles. The Kier molecular flexibility index (Phi) is 6.06. The summed E-state index contributed by atoms with van der Waals surface area (Å²) in [5.74, 6) is 0.795. The highest BCUT2D eigenvalue weighted by Crippen LogP contribution is 2.15. The molecule has 26 heavy (non-hydrogen) atoms. The number of carbonyl (C=O) groups is 1. The Morgan fingerprint density at radius 2 is 1.77 bits per heavy atom. The highest BCUT2D eigenvalue weighted by atomic mass is 16.2. The van der Waals surface area contributed by atoms with Crippen LogP contribution in [-0.4, -0.2) is 57.7 Å². The molecule has 1 fully saturated rings. The first-order valence-electron chi connectivity index (χ1n) is 9.39. The number of anilines is 1. The largest absolute Gasteiger partial charge is 0.310 e. The molecule has 1 aliphatic rings. The van der Waals surface area contributed by atoms with E-state index in [-0.39, 0.29) is 18.0 Å². The number of aromatic nitrogens is 2. The first kappa shape index (κ1) is 18.6. The SMILES string of the molecule is CC(C)n1nccc1NC(=O)[C@@H](C)N1CCN(Cc2ccccc2)CC1. The average Bonchev–Trinajstić information content (AvgIpc) is 3.11. The van der Waals surface area contributed by atoms with E-state index in [4.69, 9.17) is 0 Å². The van der Waals surface area contributed by atoms with E-state index >= 15 is 0 Å². The van der Waals surface area contributed by atoms with Gasteiger partial charge in [0.2, 0.25) is 5.91 Å². The third-order valence-corrected chi connectivity index (χ3v) is 4.99. The van der Waals surface area contributed by atoms with Crippen LogP contribution in [0.15, 0.2) is 42.6 Å². The number of nitrogens with zero attached hydrogens (tertiary/aromatic N) is 4. The third-order valence-electron chi connectivity index (χ3n) is 4.99. The maximum Gasteiger partial charge on any atom is 0.242 e. The zero-order valence-corrected chi connectivity index (χ0v) is 15.9. The van der Waals surface area contributed by atoms with Crippen LogP contribution in [0.4, 0.5) is 5.82 Å². The molecular formula is C20H29N5O. The summed E-state index contributed by atoms with van der Waals surface area (Å²) in [7, 11) is 0. The second-order valence-corrected chi connectivity index (χ2v) is 7.22. The second kappa shape index (κ2) is 8.47. The number of benzene rings is 1. The van der Waals surface area contributed by atoms with Crippen LogP contribution in [0.25, 0.3) is 0 Å². The number of carbonyl (C=O) groups excluding carboxylic acids is 1. The van der Waals surface area contributed by atoms with E-state index in [0.29, 0.717) is 0 Å². The average molecular weight is 355 g/mol. The quantitative estimate of drug-likeness (QED) is 0.865. The van der Waals surface area contributed by atoms with Gasteiger partial charge in [-0.3, -0.25) is 14.6 Å². The zero-order chi connectivity index (χ0) is 18.5. The molecule has 0 saturated carbocycles. The Hall–Kier alpha value is -2.18. The predicted octanol–water partition coefficient (Wildman–Crippen LogP) is 2.61. The monoisotopic (exact) mass is 355 g/mol. The lowest BCUT2D eigenvalue weighted by molar-refractivity contribution is -0.121. The molecule has 1 aromatic heterocycles. The molecule has 1 aromatic carbocycles. The van der Waals surface area contributed by atoms with Gasteiger partial charge in [0.05, 0.1) is 12.2 Å². The second-order valence-electron chi connectivity index (χ2n) is 7.22. The summed E-state index contributed by atoms with van der Waals surface area (Å²) in [5, 5.41) is 7.30. The number of hydrogen-bond donors (Lipinski definition) is 1. The van der Waals surface area contributed by atoms with Gasteiger partial charge in [-0.15, -0.1) is 0 Å². The minimum absolute atomic E-state index is 0.0314. The minimum atomic E-state index is -0.149. The molecule has 0 bridgehead atoms. The lowest BCUT2D eigenvalue weighted by Gasteiger charge is -2.37. The van der Waals surface area contributed by atoms with Crippen LogP contribution >= 0.6 is 0 Å². The standard InChI is InChI=1S/C20H29N5O/c1-16(2)25-19(9-10-21-25)22-20(26)17(3)24-13-11-23(12-14-24)15-18-7-5-4-6-8-18/h4-10,16-17H,11-15H2,1-3H3,(H,22,26)/t17-/m1/s1. The van der Waals surface area contributed by atoms with Crippen molar-refractivity contribution in [1.82, 2.24) is 19.6 Å². The molecule has 0 spiro atoms. The fraction of sp³-hybridized carbons (Fsp3) is 0.500. The molecule has 2 aromatic rings. The molecular weight excluding hydrogens is 326 g/mol. The summed E-state index contributed by atoms with van der Waals surface area (Å²) < 4.78 is 1.84. The molecule has 1 aliphatic heterocycles. The minimum Gasteiger partial charge on any atom is -0.310 e. The maximum absolute atomic E-state index is 12.6. The van der Waals surface area contributed by atoms with Gasteiger partial charge in [-0.05, 0) is 26.3 Å². The molecule has 140 valence electrons. The summed E-state index contributed by atoms with van der Waals surface area (Å²) in [6.07, 6.45) is 1.72. The van der Waals surface area contributed by atoms with Crippen LogP contribution in [-0.2, 0) is 11.3 Å². The number of hydrogen-bond acceptors (Lipinski definition) is 4. The Bertz CT molecular complexity index is 704. The van der Waals surface area contributed by atoms with E-state index in [1.54, 1.807) is 6.20 Å². The van der Waals surface area contributed by atoms with Crippen molar-refractivity contribution in [2.24, 2.45) is 0 Å². The smallest absolute Gasteiger partial charge is 0.242 e. The molecule has 1 saturated heterocycles. The van der Waals surface area contributed by atoms with Gasteiger partial charge >= 0.3 is 0 Å². The van der Waals surface area contributed by atoms with Gasteiger partial charge in [0.15, 0.2) is 0 Å².